The van der Waals surface area contributed by atoms with E-state index in [1.807, 2.05) is 20.8 Å². The topological polar surface area (TPSA) is 62.8 Å². The van der Waals surface area contributed by atoms with Crippen LogP contribution in [0.4, 0.5) is 0 Å². The zero-order valence-electron chi connectivity index (χ0n) is 8.33. The second-order valence-corrected chi connectivity index (χ2v) is 6.98. The number of halogens is 1. The summed E-state index contributed by atoms with van der Waals surface area (Å²) in [5.41, 5.74) is 1.28. The van der Waals surface area contributed by atoms with Crippen LogP contribution in [0.1, 0.15) is 32.0 Å². The average Bonchev–Trinajstić information content (AvgIpc) is 2.29. The third-order valence-corrected chi connectivity index (χ3v) is 2.78. The fourth-order valence-electron chi connectivity index (χ4n) is 1.26. The molecule has 1 N–H and O–H groups in total. The molecule has 4 nitrogen and oxygen atoms in total. The monoisotopic (exact) mass is 236 g/mol. The van der Waals surface area contributed by atoms with E-state index in [1.54, 1.807) is 0 Å². The maximum absolute atomic E-state index is 10.9. The van der Waals surface area contributed by atoms with E-state index in [2.05, 4.69) is 10.2 Å². The summed E-state index contributed by atoms with van der Waals surface area (Å²) in [4.78, 5) is 0. The van der Waals surface area contributed by atoms with Gasteiger partial charge in [-0.15, -0.1) is 0 Å². The number of aromatic amines is 1. The van der Waals surface area contributed by atoms with E-state index >= 15 is 0 Å². The van der Waals surface area contributed by atoms with Crippen LogP contribution < -0.4 is 0 Å². The van der Waals surface area contributed by atoms with Crippen molar-refractivity contribution < 1.29 is 8.42 Å². The van der Waals surface area contributed by atoms with Crippen molar-refractivity contribution in [2.24, 2.45) is 0 Å². The number of aromatic nitrogens is 2. The second-order valence-electron chi connectivity index (χ2n) is 4.20. The van der Waals surface area contributed by atoms with Gasteiger partial charge in [-0.2, -0.15) is 5.10 Å². The highest BCUT2D eigenvalue weighted by Gasteiger charge is 2.22. The second kappa shape index (κ2) is 3.55. The van der Waals surface area contributed by atoms with E-state index in [0.29, 0.717) is 5.56 Å². The van der Waals surface area contributed by atoms with Crippen LogP contribution in [-0.2, 0) is 20.2 Å². The molecule has 0 aliphatic heterocycles. The highest BCUT2D eigenvalue weighted by molar-refractivity contribution is 8.13. The van der Waals surface area contributed by atoms with Gasteiger partial charge in [-0.25, -0.2) is 8.42 Å². The number of hydrogen-bond acceptors (Lipinski definition) is 3. The zero-order valence-corrected chi connectivity index (χ0v) is 9.91. The van der Waals surface area contributed by atoms with Gasteiger partial charge in [-0.05, 0) is 0 Å². The Balaban J connectivity index is 3.06. The van der Waals surface area contributed by atoms with Crippen molar-refractivity contribution in [3.8, 4) is 0 Å². The Labute approximate surface area is 88.1 Å². The molecule has 1 rings (SSSR count). The van der Waals surface area contributed by atoms with Crippen molar-refractivity contribution in [1.82, 2.24) is 10.2 Å². The standard InChI is InChI=1S/C8H13ClN2O2S/c1-8(2,3)7-6(4-10-11-7)5-14(9,12)13/h4H,5H2,1-3H3,(H,10,11). The van der Waals surface area contributed by atoms with Gasteiger partial charge < -0.3 is 0 Å². The molecule has 0 spiro atoms. The molecule has 6 heteroatoms. The molecule has 0 radical (unpaired) electrons. The van der Waals surface area contributed by atoms with Crippen LogP contribution in [0.3, 0.4) is 0 Å². The van der Waals surface area contributed by atoms with E-state index in [1.165, 1.54) is 6.20 Å². The summed E-state index contributed by atoms with van der Waals surface area (Å²) in [5.74, 6) is -0.183. The molecule has 0 unspecified atom stereocenters. The Hall–Kier alpha value is -0.550. The van der Waals surface area contributed by atoms with Crippen LogP contribution in [0.2, 0.25) is 0 Å². The van der Waals surface area contributed by atoms with Crippen molar-refractivity contribution in [3.05, 3.63) is 17.5 Å². The van der Waals surface area contributed by atoms with Crippen LogP contribution in [-0.4, -0.2) is 18.6 Å². The number of H-pyrrole nitrogens is 1. The van der Waals surface area contributed by atoms with Crippen molar-refractivity contribution >= 4 is 19.7 Å². The first kappa shape index (κ1) is 11.5. The largest absolute Gasteiger partial charge is 0.282 e. The maximum atomic E-state index is 10.9. The SMILES string of the molecule is CC(C)(C)c1[nH]ncc1CS(=O)(=O)Cl. The lowest BCUT2D eigenvalue weighted by Crippen LogP contribution is -2.15. The van der Waals surface area contributed by atoms with Crippen molar-refractivity contribution in [2.75, 3.05) is 0 Å². The Morgan fingerprint density at radius 3 is 2.50 bits per heavy atom. The predicted molar refractivity (Wildman–Crippen MR) is 55.8 cm³/mol. The molecule has 0 bridgehead atoms. The van der Waals surface area contributed by atoms with Gasteiger partial charge >= 0.3 is 0 Å². The fourth-order valence-corrected chi connectivity index (χ4v) is 2.20. The first-order chi connectivity index (χ1) is 6.20. The van der Waals surface area contributed by atoms with E-state index in [9.17, 15) is 8.42 Å². The van der Waals surface area contributed by atoms with Crippen LogP contribution in [0, 0.1) is 0 Å². The molecule has 1 heterocycles. The van der Waals surface area contributed by atoms with Crippen molar-refractivity contribution in [1.29, 1.82) is 0 Å². The average molecular weight is 237 g/mol. The van der Waals surface area contributed by atoms with Gasteiger partial charge in [0.2, 0.25) is 9.05 Å². The number of nitrogens with one attached hydrogen (secondary N) is 1. The van der Waals surface area contributed by atoms with Gasteiger partial charge in [0.15, 0.2) is 0 Å². The highest BCUT2D eigenvalue weighted by atomic mass is 35.7. The predicted octanol–water partition coefficient (Wildman–Crippen LogP) is 1.78. The van der Waals surface area contributed by atoms with E-state index in [0.717, 1.165) is 5.69 Å². The summed E-state index contributed by atoms with van der Waals surface area (Å²) in [6.07, 6.45) is 1.50. The van der Waals surface area contributed by atoms with E-state index in [4.69, 9.17) is 10.7 Å². The van der Waals surface area contributed by atoms with Gasteiger partial charge in [0, 0.05) is 27.4 Å². The summed E-state index contributed by atoms with van der Waals surface area (Å²) in [6, 6.07) is 0. The highest BCUT2D eigenvalue weighted by Crippen LogP contribution is 2.25. The zero-order chi connectivity index (χ0) is 11.0. The molecule has 0 saturated heterocycles. The van der Waals surface area contributed by atoms with Crippen LogP contribution in [0.15, 0.2) is 6.20 Å². The van der Waals surface area contributed by atoms with E-state index < -0.39 is 9.05 Å². The summed E-state index contributed by atoms with van der Waals surface area (Å²) in [6.45, 7) is 5.93. The van der Waals surface area contributed by atoms with Crippen LogP contribution in [0.25, 0.3) is 0 Å². The minimum atomic E-state index is -3.52. The first-order valence-corrected chi connectivity index (χ1v) is 6.63. The number of rotatable bonds is 2. The molecule has 0 atom stereocenters. The van der Waals surface area contributed by atoms with Gasteiger partial charge in [-0.1, -0.05) is 20.8 Å². The Morgan fingerprint density at radius 1 is 1.50 bits per heavy atom. The molecule has 0 amide bonds. The van der Waals surface area contributed by atoms with E-state index in [-0.39, 0.29) is 11.2 Å². The normalized spacial score (nSPS) is 13.1. The minimum Gasteiger partial charge on any atom is -0.282 e. The maximum Gasteiger partial charge on any atom is 0.236 e. The smallest absolute Gasteiger partial charge is 0.236 e. The molecule has 0 fully saturated rings. The Bertz CT molecular complexity index is 417. The number of nitrogens with zero attached hydrogens (tertiary/aromatic N) is 1. The Morgan fingerprint density at radius 2 is 2.07 bits per heavy atom. The quantitative estimate of drug-likeness (QED) is 0.797. The molecule has 0 aliphatic rings. The third kappa shape index (κ3) is 2.99. The molecule has 14 heavy (non-hydrogen) atoms. The lowest BCUT2D eigenvalue weighted by atomic mass is 9.90. The van der Waals surface area contributed by atoms with Gasteiger partial charge in [0.05, 0.1) is 11.9 Å². The van der Waals surface area contributed by atoms with Crippen LogP contribution in [0.5, 0.6) is 0 Å². The third-order valence-electron chi connectivity index (χ3n) is 1.80. The lowest BCUT2D eigenvalue weighted by molar-refractivity contribution is 0.561. The molecule has 1 aromatic heterocycles. The van der Waals surface area contributed by atoms with Gasteiger partial charge in [0.1, 0.15) is 0 Å². The van der Waals surface area contributed by atoms with Gasteiger partial charge in [-0.3, -0.25) is 5.10 Å². The molecular formula is C8H13ClN2O2S. The molecule has 0 aromatic carbocycles. The molecule has 1 aromatic rings. The fraction of sp³-hybridized carbons (Fsp3) is 0.625. The summed E-state index contributed by atoms with van der Waals surface area (Å²) < 4.78 is 21.8. The molecule has 0 saturated carbocycles. The van der Waals surface area contributed by atoms with Gasteiger partial charge in [0.25, 0.3) is 0 Å². The molecule has 80 valence electrons. The Kier molecular flexibility index (Phi) is 2.92. The molecular weight excluding hydrogens is 224 g/mol. The lowest BCUT2D eigenvalue weighted by Gasteiger charge is -2.17. The summed E-state index contributed by atoms with van der Waals surface area (Å²) >= 11 is 0. The number of hydrogen-bond donors (Lipinski definition) is 1. The van der Waals surface area contributed by atoms with Crippen molar-refractivity contribution in [3.63, 3.8) is 0 Å². The van der Waals surface area contributed by atoms with Crippen molar-refractivity contribution in [2.45, 2.75) is 31.9 Å². The summed E-state index contributed by atoms with van der Waals surface area (Å²) in [5, 5.41) is 6.62. The minimum absolute atomic E-state index is 0.159. The summed E-state index contributed by atoms with van der Waals surface area (Å²) in [7, 11) is 1.66. The molecule has 0 aliphatic carbocycles. The first-order valence-electron chi connectivity index (χ1n) is 4.15. The van der Waals surface area contributed by atoms with Crippen LogP contribution >= 0.6 is 10.7 Å².